The molecule has 0 aliphatic heterocycles. The van der Waals surface area contributed by atoms with Crippen LogP contribution >= 0.6 is 0 Å². The highest BCUT2D eigenvalue weighted by Gasteiger charge is 2.11. The summed E-state index contributed by atoms with van der Waals surface area (Å²) >= 11 is 0. The van der Waals surface area contributed by atoms with E-state index in [2.05, 4.69) is 18.0 Å². The molecule has 0 aliphatic carbocycles. The third-order valence-electron chi connectivity index (χ3n) is 3.19. The molecule has 0 fully saturated rings. The van der Waals surface area contributed by atoms with E-state index in [9.17, 15) is 8.42 Å². The SMILES string of the molecule is CCCCCCC(CCCC)CCOS(=O)(=O)O. The average Bonchev–Trinajstić information content (AvgIpc) is 2.29. The van der Waals surface area contributed by atoms with E-state index < -0.39 is 10.4 Å². The van der Waals surface area contributed by atoms with E-state index in [1.54, 1.807) is 0 Å². The van der Waals surface area contributed by atoms with E-state index in [-0.39, 0.29) is 6.61 Å². The van der Waals surface area contributed by atoms with Gasteiger partial charge in [0.05, 0.1) is 6.61 Å². The van der Waals surface area contributed by atoms with Crippen molar-refractivity contribution in [3.05, 3.63) is 0 Å². The van der Waals surface area contributed by atoms with Crippen LogP contribution < -0.4 is 0 Å². The summed E-state index contributed by atoms with van der Waals surface area (Å²) in [6.07, 6.45) is 10.2. The molecule has 0 aliphatic rings. The van der Waals surface area contributed by atoms with Crippen LogP contribution in [0.5, 0.6) is 0 Å². The number of hydrogen-bond acceptors (Lipinski definition) is 3. The minimum absolute atomic E-state index is 0.0982. The van der Waals surface area contributed by atoms with Crippen LogP contribution in [0.2, 0.25) is 0 Å². The van der Waals surface area contributed by atoms with Gasteiger partial charge >= 0.3 is 10.4 Å². The quantitative estimate of drug-likeness (QED) is 0.434. The Morgan fingerprint density at radius 1 is 0.944 bits per heavy atom. The third-order valence-corrected chi connectivity index (χ3v) is 3.65. The fourth-order valence-electron chi connectivity index (χ4n) is 2.11. The molecule has 1 N–H and O–H groups in total. The Labute approximate surface area is 112 Å². The van der Waals surface area contributed by atoms with Crippen molar-refractivity contribution in [2.24, 2.45) is 5.92 Å². The second-order valence-corrected chi connectivity index (χ2v) is 5.99. The van der Waals surface area contributed by atoms with Crippen molar-refractivity contribution in [1.82, 2.24) is 0 Å². The fourth-order valence-corrected chi connectivity index (χ4v) is 2.41. The highest BCUT2D eigenvalue weighted by atomic mass is 32.3. The Morgan fingerprint density at radius 2 is 1.56 bits per heavy atom. The molecule has 18 heavy (non-hydrogen) atoms. The molecule has 0 amide bonds. The van der Waals surface area contributed by atoms with Gasteiger partial charge in [0.25, 0.3) is 0 Å². The largest absolute Gasteiger partial charge is 0.397 e. The lowest BCUT2D eigenvalue weighted by Crippen LogP contribution is -2.10. The van der Waals surface area contributed by atoms with Gasteiger partial charge in [-0.25, -0.2) is 4.18 Å². The average molecular weight is 280 g/mol. The van der Waals surface area contributed by atoms with Crippen LogP contribution in [0.4, 0.5) is 0 Å². The second kappa shape index (κ2) is 10.8. The van der Waals surface area contributed by atoms with Gasteiger partial charge < -0.3 is 0 Å². The first-order chi connectivity index (χ1) is 8.49. The van der Waals surface area contributed by atoms with Crippen molar-refractivity contribution >= 4 is 10.4 Å². The van der Waals surface area contributed by atoms with Crippen LogP contribution in [0.1, 0.15) is 71.6 Å². The van der Waals surface area contributed by atoms with Crippen LogP contribution in [-0.4, -0.2) is 19.6 Å². The lowest BCUT2D eigenvalue weighted by Gasteiger charge is -2.15. The molecule has 1 unspecified atom stereocenters. The zero-order valence-corrected chi connectivity index (χ0v) is 12.5. The molecule has 0 saturated carbocycles. The minimum Gasteiger partial charge on any atom is -0.264 e. The second-order valence-electron chi connectivity index (χ2n) is 4.90. The Kier molecular flexibility index (Phi) is 10.7. The van der Waals surface area contributed by atoms with Crippen LogP contribution in [0.3, 0.4) is 0 Å². The van der Waals surface area contributed by atoms with E-state index in [1.807, 2.05) is 0 Å². The van der Waals surface area contributed by atoms with Crippen LogP contribution in [-0.2, 0) is 14.6 Å². The van der Waals surface area contributed by atoms with Gasteiger partial charge in [-0.15, -0.1) is 0 Å². The fraction of sp³-hybridized carbons (Fsp3) is 1.00. The summed E-state index contributed by atoms with van der Waals surface area (Å²) in [5.74, 6) is 0.517. The molecule has 0 aromatic carbocycles. The highest BCUT2D eigenvalue weighted by molar-refractivity contribution is 7.80. The predicted molar refractivity (Wildman–Crippen MR) is 73.9 cm³/mol. The normalized spacial score (nSPS) is 13.7. The summed E-state index contributed by atoms with van der Waals surface area (Å²) < 4.78 is 33.8. The third kappa shape index (κ3) is 12.3. The first-order valence-corrected chi connectivity index (χ1v) is 8.48. The van der Waals surface area contributed by atoms with Crippen molar-refractivity contribution in [3.8, 4) is 0 Å². The highest BCUT2D eigenvalue weighted by Crippen LogP contribution is 2.20. The van der Waals surface area contributed by atoms with Crippen molar-refractivity contribution in [2.75, 3.05) is 6.61 Å². The molecule has 4 nitrogen and oxygen atoms in total. The Morgan fingerprint density at radius 3 is 2.11 bits per heavy atom. The Balaban J connectivity index is 3.83. The van der Waals surface area contributed by atoms with E-state index in [0.29, 0.717) is 12.3 Å². The molecule has 0 rings (SSSR count). The molecule has 0 aromatic heterocycles. The van der Waals surface area contributed by atoms with Gasteiger partial charge in [-0.1, -0.05) is 65.2 Å². The summed E-state index contributed by atoms with van der Waals surface area (Å²) in [4.78, 5) is 0. The number of rotatable bonds is 12. The monoisotopic (exact) mass is 280 g/mol. The van der Waals surface area contributed by atoms with Crippen molar-refractivity contribution in [1.29, 1.82) is 0 Å². The maximum absolute atomic E-state index is 10.5. The molecule has 0 radical (unpaired) electrons. The van der Waals surface area contributed by atoms with Gasteiger partial charge in [0.15, 0.2) is 0 Å². The van der Waals surface area contributed by atoms with Gasteiger partial charge in [-0.05, 0) is 12.3 Å². The zero-order chi connectivity index (χ0) is 13.9. The van der Waals surface area contributed by atoms with E-state index >= 15 is 0 Å². The number of hydrogen-bond donors (Lipinski definition) is 1. The van der Waals surface area contributed by atoms with Gasteiger partial charge in [-0.2, -0.15) is 8.42 Å². The molecular weight excluding hydrogens is 252 g/mol. The summed E-state index contributed by atoms with van der Waals surface area (Å²) in [5, 5.41) is 0. The summed E-state index contributed by atoms with van der Waals surface area (Å²) in [7, 11) is -4.27. The molecule has 0 spiro atoms. The summed E-state index contributed by atoms with van der Waals surface area (Å²) in [5.41, 5.74) is 0. The first kappa shape index (κ1) is 17.9. The van der Waals surface area contributed by atoms with Crippen molar-refractivity contribution in [2.45, 2.75) is 71.6 Å². The lowest BCUT2D eigenvalue weighted by atomic mass is 9.93. The maximum Gasteiger partial charge on any atom is 0.397 e. The van der Waals surface area contributed by atoms with E-state index in [1.165, 1.54) is 32.1 Å². The topological polar surface area (TPSA) is 63.6 Å². The summed E-state index contributed by atoms with van der Waals surface area (Å²) in [6.45, 7) is 4.44. The number of unbranched alkanes of at least 4 members (excludes halogenated alkanes) is 4. The van der Waals surface area contributed by atoms with Gasteiger partial charge in [0.1, 0.15) is 0 Å². The van der Waals surface area contributed by atoms with Crippen molar-refractivity contribution < 1.29 is 17.2 Å². The van der Waals surface area contributed by atoms with Crippen LogP contribution in [0.15, 0.2) is 0 Å². The molecular formula is C13H28O4S. The Hall–Kier alpha value is -0.130. The minimum atomic E-state index is -4.27. The van der Waals surface area contributed by atoms with Gasteiger partial charge in [0.2, 0.25) is 0 Å². The first-order valence-electron chi connectivity index (χ1n) is 7.11. The standard InChI is InChI=1S/C13H28O4S/c1-3-5-7-8-10-13(9-6-4-2)11-12-17-18(14,15)16/h13H,3-12H2,1-2H3,(H,14,15,16). The molecule has 1 atom stereocenters. The molecule has 5 heteroatoms. The Bertz CT molecular complexity index is 275. The molecule has 0 heterocycles. The van der Waals surface area contributed by atoms with Crippen LogP contribution in [0, 0.1) is 5.92 Å². The molecule has 0 aromatic rings. The smallest absolute Gasteiger partial charge is 0.264 e. The molecule has 0 bridgehead atoms. The van der Waals surface area contributed by atoms with E-state index in [0.717, 1.165) is 19.3 Å². The lowest BCUT2D eigenvalue weighted by molar-refractivity contribution is 0.234. The summed E-state index contributed by atoms with van der Waals surface area (Å²) in [6, 6.07) is 0. The van der Waals surface area contributed by atoms with E-state index in [4.69, 9.17) is 4.55 Å². The van der Waals surface area contributed by atoms with Crippen LogP contribution in [0.25, 0.3) is 0 Å². The maximum atomic E-state index is 10.5. The predicted octanol–water partition coefficient (Wildman–Crippen LogP) is 3.97. The zero-order valence-electron chi connectivity index (χ0n) is 11.7. The molecule has 0 saturated heterocycles. The van der Waals surface area contributed by atoms with Gasteiger partial charge in [-0.3, -0.25) is 4.55 Å². The molecule has 110 valence electrons. The van der Waals surface area contributed by atoms with Gasteiger partial charge in [0, 0.05) is 0 Å². The van der Waals surface area contributed by atoms with Crippen molar-refractivity contribution in [3.63, 3.8) is 0 Å².